The van der Waals surface area contributed by atoms with Crippen molar-refractivity contribution in [3.63, 3.8) is 0 Å². The van der Waals surface area contributed by atoms with Crippen LogP contribution < -0.4 is 11.3 Å². The van der Waals surface area contributed by atoms with Crippen LogP contribution >= 0.6 is 11.3 Å². The number of aryl methyl sites for hydroxylation is 1. The fourth-order valence-corrected chi connectivity index (χ4v) is 2.33. The fourth-order valence-electron chi connectivity index (χ4n) is 1.73. The van der Waals surface area contributed by atoms with Crippen molar-refractivity contribution in [1.29, 1.82) is 0 Å². The van der Waals surface area contributed by atoms with Crippen LogP contribution in [-0.2, 0) is 13.1 Å². The van der Waals surface area contributed by atoms with E-state index >= 15 is 0 Å². The summed E-state index contributed by atoms with van der Waals surface area (Å²) in [6.45, 7) is 3.71. The van der Waals surface area contributed by atoms with Crippen molar-refractivity contribution in [2.75, 3.05) is 12.5 Å². The first-order valence-electron chi connectivity index (χ1n) is 5.68. The predicted molar refractivity (Wildman–Crippen MR) is 74.1 cm³/mol. The number of hydrazine groups is 1. The van der Waals surface area contributed by atoms with E-state index in [1.807, 2.05) is 25.3 Å². The zero-order valence-electron chi connectivity index (χ0n) is 10.6. The number of nitrogens with one attached hydrogen (secondary N) is 1. The van der Waals surface area contributed by atoms with Gasteiger partial charge in [-0.3, -0.25) is 4.90 Å². The van der Waals surface area contributed by atoms with Gasteiger partial charge in [0.25, 0.3) is 0 Å². The van der Waals surface area contributed by atoms with E-state index in [2.05, 4.69) is 32.7 Å². The summed E-state index contributed by atoms with van der Waals surface area (Å²) >= 11 is 1.69. The third-order valence-electron chi connectivity index (χ3n) is 2.52. The second-order valence-corrected chi connectivity index (χ2v) is 5.29. The Balaban J connectivity index is 1.91. The molecule has 0 unspecified atom stereocenters. The Morgan fingerprint density at radius 1 is 1.39 bits per heavy atom. The van der Waals surface area contributed by atoms with Gasteiger partial charge in [-0.25, -0.2) is 15.8 Å². The van der Waals surface area contributed by atoms with E-state index in [4.69, 9.17) is 5.84 Å². The predicted octanol–water partition coefficient (Wildman–Crippen LogP) is 1.76. The Bertz CT molecular complexity index is 493. The Hall–Kier alpha value is -1.50. The molecule has 18 heavy (non-hydrogen) atoms. The molecule has 0 aliphatic rings. The summed E-state index contributed by atoms with van der Waals surface area (Å²) in [4.78, 5) is 10.8. The number of thiazole rings is 1. The summed E-state index contributed by atoms with van der Waals surface area (Å²) in [5, 5.41) is 3.21. The van der Waals surface area contributed by atoms with Gasteiger partial charge in [0, 0.05) is 24.7 Å². The first kappa shape index (κ1) is 12.9. The molecular weight excluding hydrogens is 246 g/mol. The number of nitrogens with zero attached hydrogens (tertiary/aromatic N) is 3. The molecule has 0 aliphatic carbocycles. The van der Waals surface area contributed by atoms with Crippen LogP contribution in [0.5, 0.6) is 0 Å². The monoisotopic (exact) mass is 263 g/mol. The second kappa shape index (κ2) is 5.90. The van der Waals surface area contributed by atoms with Gasteiger partial charge in [0.05, 0.1) is 10.7 Å². The van der Waals surface area contributed by atoms with E-state index in [1.165, 1.54) is 0 Å². The van der Waals surface area contributed by atoms with Gasteiger partial charge in [-0.1, -0.05) is 6.07 Å². The Kier molecular flexibility index (Phi) is 4.24. The van der Waals surface area contributed by atoms with Crippen molar-refractivity contribution in [1.82, 2.24) is 14.9 Å². The lowest BCUT2D eigenvalue weighted by atomic mass is 10.2. The van der Waals surface area contributed by atoms with Crippen molar-refractivity contribution in [2.24, 2.45) is 5.84 Å². The van der Waals surface area contributed by atoms with E-state index in [1.54, 1.807) is 11.3 Å². The SMILES string of the molecule is Cc1nc(CN(C)Cc2ccc(NN)nc2)cs1. The molecule has 0 bridgehead atoms. The summed E-state index contributed by atoms with van der Waals surface area (Å²) in [6, 6.07) is 3.89. The summed E-state index contributed by atoms with van der Waals surface area (Å²) < 4.78 is 0. The topological polar surface area (TPSA) is 67.1 Å². The van der Waals surface area contributed by atoms with E-state index in [0.717, 1.165) is 29.4 Å². The molecule has 5 nitrogen and oxygen atoms in total. The van der Waals surface area contributed by atoms with E-state index < -0.39 is 0 Å². The van der Waals surface area contributed by atoms with Gasteiger partial charge in [-0.05, 0) is 25.6 Å². The van der Waals surface area contributed by atoms with Crippen molar-refractivity contribution < 1.29 is 0 Å². The lowest BCUT2D eigenvalue weighted by Gasteiger charge is -2.15. The third-order valence-corrected chi connectivity index (χ3v) is 3.35. The molecule has 0 aliphatic heterocycles. The maximum atomic E-state index is 5.28. The molecule has 2 aromatic heterocycles. The van der Waals surface area contributed by atoms with Crippen LogP contribution in [0, 0.1) is 6.92 Å². The van der Waals surface area contributed by atoms with Gasteiger partial charge in [-0.2, -0.15) is 0 Å². The molecule has 2 aromatic rings. The van der Waals surface area contributed by atoms with Crippen molar-refractivity contribution in [3.05, 3.63) is 40.0 Å². The third kappa shape index (κ3) is 3.49. The van der Waals surface area contributed by atoms with E-state index in [9.17, 15) is 0 Å². The van der Waals surface area contributed by atoms with Gasteiger partial charge < -0.3 is 5.43 Å². The summed E-state index contributed by atoms with van der Waals surface area (Å²) in [6.07, 6.45) is 1.83. The Morgan fingerprint density at radius 2 is 2.22 bits per heavy atom. The smallest absolute Gasteiger partial charge is 0.139 e. The van der Waals surface area contributed by atoms with Crippen LogP contribution in [0.4, 0.5) is 5.82 Å². The number of nitrogen functional groups attached to an aromatic ring is 1. The molecule has 2 heterocycles. The van der Waals surface area contributed by atoms with Crippen molar-refractivity contribution in [3.8, 4) is 0 Å². The number of pyridine rings is 1. The van der Waals surface area contributed by atoms with Crippen LogP contribution in [0.3, 0.4) is 0 Å². The minimum Gasteiger partial charge on any atom is -0.308 e. The molecule has 6 heteroatoms. The fraction of sp³-hybridized carbons (Fsp3) is 0.333. The number of aromatic nitrogens is 2. The maximum absolute atomic E-state index is 5.28. The average Bonchev–Trinajstić information content (AvgIpc) is 2.75. The zero-order chi connectivity index (χ0) is 13.0. The molecule has 0 radical (unpaired) electrons. The highest BCUT2D eigenvalue weighted by molar-refractivity contribution is 7.09. The normalized spacial score (nSPS) is 10.9. The molecular formula is C12H17N5S. The number of hydrogen-bond acceptors (Lipinski definition) is 6. The largest absolute Gasteiger partial charge is 0.308 e. The minimum atomic E-state index is 0.677. The first-order chi connectivity index (χ1) is 8.67. The van der Waals surface area contributed by atoms with E-state index in [-0.39, 0.29) is 0 Å². The lowest BCUT2D eigenvalue weighted by Crippen LogP contribution is -2.17. The minimum absolute atomic E-state index is 0.677. The van der Waals surface area contributed by atoms with Crippen molar-refractivity contribution >= 4 is 17.2 Å². The molecule has 96 valence electrons. The summed E-state index contributed by atoms with van der Waals surface area (Å²) in [5.74, 6) is 5.95. The van der Waals surface area contributed by atoms with Gasteiger partial charge in [0.1, 0.15) is 5.82 Å². The summed E-state index contributed by atoms with van der Waals surface area (Å²) in [7, 11) is 2.07. The first-order valence-corrected chi connectivity index (χ1v) is 6.56. The van der Waals surface area contributed by atoms with Crippen LogP contribution in [0.2, 0.25) is 0 Å². The van der Waals surface area contributed by atoms with Gasteiger partial charge in [0.2, 0.25) is 0 Å². The molecule has 2 rings (SSSR count). The molecule has 0 aromatic carbocycles. The lowest BCUT2D eigenvalue weighted by molar-refractivity contribution is 0.315. The average molecular weight is 263 g/mol. The second-order valence-electron chi connectivity index (χ2n) is 4.23. The van der Waals surface area contributed by atoms with E-state index in [0.29, 0.717) is 5.82 Å². The van der Waals surface area contributed by atoms with Gasteiger partial charge in [-0.15, -0.1) is 11.3 Å². The highest BCUT2D eigenvalue weighted by atomic mass is 32.1. The van der Waals surface area contributed by atoms with Crippen LogP contribution in [0.25, 0.3) is 0 Å². The molecule has 0 amide bonds. The molecule has 0 fully saturated rings. The standard InChI is InChI=1S/C12H17N5S/c1-9-15-11(8-18-9)7-17(2)6-10-3-4-12(16-13)14-5-10/h3-5,8H,6-7,13H2,1-2H3,(H,14,16). The number of rotatable bonds is 5. The summed E-state index contributed by atoms with van der Waals surface area (Å²) in [5.41, 5.74) is 4.79. The van der Waals surface area contributed by atoms with Crippen LogP contribution in [-0.4, -0.2) is 21.9 Å². The number of anilines is 1. The molecule has 0 atom stereocenters. The molecule has 0 spiro atoms. The maximum Gasteiger partial charge on any atom is 0.139 e. The quantitative estimate of drug-likeness (QED) is 0.635. The van der Waals surface area contributed by atoms with Crippen molar-refractivity contribution in [2.45, 2.75) is 20.0 Å². The highest BCUT2D eigenvalue weighted by Crippen LogP contribution is 2.12. The molecule has 0 saturated carbocycles. The Morgan fingerprint density at radius 3 is 2.78 bits per heavy atom. The molecule has 3 N–H and O–H groups in total. The van der Waals surface area contributed by atoms with Crippen LogP contribution in [0.1, 0.15) is 16.3 Å². The van der Waals surface area contributed by atoms with Crippen LogP contribution in [0.15, 0.2) is 23.7 Å². The van der Waals surface area contributed by atoms with Gasteiger partial charge >= 0.3 is 0 Å². The zero-order valence-corrected chi connectivity index (χ0v) is 11.4. The Labute approximate surface area is 111 Å². The highest BCUT2D eigenvalue weighted by Gasteiger charge is 2.05. The van der Waals surface area contributed by atoms with Gasteiger partial charge in [0.15, 0.2) is 0 Å². The number of hydrogen-bond donors (Lipinski definition) is 2. The number of nitrogens with two attached hydrogens (primary N) is 1. The molecule has 0 saturated heterocycles.